The number of aryl methyl sites for hydroxylation is 1. The van der Waals surface area contributed by atoms with Crippen LogP contribution in [0.2, 0.25) is 0 Å². The Labute approximate surface area is 266 Å². The van der Waals surface area contributed by atoms with E-state index >= 15 is 0 Å². The first-order valence-electron chi connectivity index (χ1n) is 17.4. The van der Waals surface area contributed by atoms with Crippen molar-refractivity contribution in [2.45, 2.75) is 137 Å². The molecule has 1 aromatic rings. The van der Waals surface area contributed by atoms with Crippen molar-refractivity contribution >= 4 is 24.7 Å². The van der Waals surface area contributed by atoms with Crippen LogP contribution in [0, 0.1) is 29.1 Å². The average Bonchev–Trinajstić information content (AvgIpc) is 3.35. The second kappa shape index (κ2) is 14.9. The second-order valence-electron chi connectivity index (χ2n) is 15.0. The van der Waals surface area contributed by atoms with Crippen LogP contribution in [-0.4, -0.2) is 48.9 Å². The zero-order chi connectivity index (χ0) is 32.1. The minimum absolute atomic E-state index is 0.0223. The number of benzene rings is 1. The Morgan fingerprint density at radius 2 is 1.70 bits per heavy atom. The molecule has 1 aromatic carbocycles. The number of unbranched alkanes of at least 4 members (excludes halogenated alkanes) is 3. The van der Waals surface area contributed by atoms with Crippen molar-refractivity contribution in [2.24, 2.45) is 29.1 Å². The van der Waals surface area contributed by atoms with E-state index in [0.29, 0.717) is 36.2 Å². The summed E-state index contributed by atoms with van der Waals surface area (Å²) in [5.41, 5.74) is 1.67. The molecule has 4 aliphatic rings. The van der Waals surface area contributed by atoms with Crippen LogP contribution in [0.3, 0.4) is 0 Å². The molecule has 5 rings (SSSR count). The van der Waals surface area contributed by atoms with E-state index in [2.05, 4.69) is 59.1 Å². The summed E-state index contributed by atoms with van der Waals surface area (Å²) < 4.78 is 13.3. The molecular formula is C36H57BN2O5. The molecule has 244 valence electrons. The third kappa shape index (κ3) is 7.96. The highest BCUT2D eigenvalue weighted by Crippen LogP contribution is 2.65. The van der Waals surface area contributed by atoms with Gasteiger partial charge < -0.3 is 19.9 Å². The molecule has 7 nitrogen and oxygen atoms in total. The SMILES string of the molecule is CCCCCC(=O)NC[C@H](CC(=O)c1ccc(CCCC)cc1)C(=O)N[C@@H](CC(C)C)B1O[C@@H]2C[C@@H]3C[C@@H](C3(C)C)[C@]2(C)O1. The fourth-order valence-corrected chi connectivity index (χ4v) is 7.82. The van der Waals surface area contributed by atoms with E-state index in [9.17, 15) is 14.4 Å². The Kier molecular flexibility index (Phi) is 11.8. The predicted octanol–water partition coefficient (Wildman–Crippen LogP) is 6.71. The van der Waals surface area contributed by atoms with Crippen molar-refractivity contribution in [3.63, 3.8) is 0 Å². The number of Topliss-reactive ketones (excluding diaryl/α,β-unsaturated/α-hetero) is 1. The second-order valence-corrected chi connectivity index (χ2v) is 15.0. The molecule has 6 atom stereocenters. The van der Waals surface area contributed by atoms with Gasteiger partial charge in [0.25, 0.3) is 0 Å². The maximum Gasteiger partial charge on any atom is 0.481 e. The normalized spacial score (nSPS) is 26.5. The lowest BCUT2D eigenvalue weighted by Gasteiger charge is -2.64. The first kappa shape index (κ1) is 34.7. The third-order valence-corrected chi connectivity index (χ3v) is 10.8. The van der Waals surface area contributed by atoms with Crippen molar-refractivity contribution in [2.75, 3.05) is 6.54 Å². The molecular weight excluding hydrogens is 551 g/mol. The van der Waals surface area contributed by atoms with Crippen LogP contribution in [-0.2, 0) is 25.3 Å². The molecule has 3 aliphatic carbocycles. The van der Waals surface area contributed by atoms with Gasteiger partial charge in [-0.3, -0.25) is 14.4 Å². The Balaban J connectivity index is 1.46. The van der Waals surface area contributed by atoms with Crippen LogP contribution in [0.25, 0.3) is 0 Å². The molecule has 1 saturated heterocycles. The summed E-state index contributed by atoms with van der Waals surface area (Å²) >= 11 is 0. The molecule has 0 aromatic heterocycles. The van der Waals surface area contributed by atoms with Gasteiger partial charge in [-0.15, -0.1) is 0 Å². The highest BCUT2D eigenvalue weighted by molar-refractivity contribution is 6.47. The molecule has 2 N–H and O–H groups in total. The Morgan fingerprint density at radius 1 is 1.00 bits per heavy atom. The van der Waals surface area contributed by atoms with Gasteiger partial charge in [0.1, 0.15) is 0 Å². The van der Waals surface area contributed by atoms with E-state index in [4.69, 9.17) is 9.31 Å². The fourth-order valence-electron chi connectivity index (χ4n) is 7.82. The molecule has 1 heterocycles. The minimum atomic E-state index is -0.696. The zero-order valence-corrected chi connectivity index (χ0v) is 28.4. The van der Waals surface area contributed by atoms with Gasteiger partial charge in [0.2, 0.25) is 11.8 Å². The number of amides is 2. The molecule has 44 heavy (non-hydrogen) atoms. The largest absolute Gasteiger partial charge is 0.481 e. The number of rotatable bonds is 17. The number of hydrogen-bond donors (Lipinski definition) is 2. The summed E-state index contributed by atoms with van der Waals surface area (Å²) in [6.45, 7) is 15.5. The number of nitrogens with one attached hydrogen (secondary N) is 2. The highest BCUT2D eigenvalue weighted by Gasteiger charge is 2.68. The zero-order valence-electron chi connectivity index (χ0n) is 28.4. The number of carbonyl (C=O) groups is 3. The molecule has 0 spiro atoms. The molecule has 0 unspecified atom stereocenters. The van der Waals surface area contributed by atoms with Crippen LogP contribution in [0.15, 0.2) is 24.3 Å². The molecule has 8 heteroatoms. The van der Waals surface area contributed by atoms with Gasteiger partial charge in [-0.2, -0.15) is 0 Å². The summed E-state index contributed by atoms with van der Waals surface area (Å²) in [7, 11) is -0.540. The lowest BCUT2D eigenvalue weighted by molar-refractivity contribution is -0.199. The van der Waals surface area contributed by atoms with Crippen LogP contribution < -0.4 is 10.6 Å². The molecule has 2 amide bonds. The Bertz CT molecular complexity index is 1140. The van der Waals surface area contributed by atoms with E-state index in [0.717, 1.165) is 44.9 Å². The van der Waals surface area contributed by atoms with Gasteiger partial charge in [0, 0.05) is 24.9 Å². The molecule has 0 radical (unpaired) electrons. The Morgan fingerprint density at radius 3 is 2.34 bits per heavy atom. The molecule has 2 bridgehead atoms. The van der Waals surface area contributed by atoms with Gasteiger partial charge in [-0.1, -0.05) is 85.1 Å². The lowest BCUT2D eigenvalue weighted by Crippen LogP contribution is -2.65. The standard InChI is InChI=1S/C36H57BN2O5/c1-8-10-12-14-33(41)38-23-27(20-29(40)26-17-15-25(16-18-26)13-11-9-2)34(42)39-32(19-24(3)4)37-43-31-22-28-21-30(35(28,5)6)36(31,7)44-37/h15-18,24,27-28,30-32H,8-14,19-23H2,1-7H3,(H,38,41)(H,39,42)/t27-,28-,30-,31+,32-,36-/m0/s1. The van der Waals surface area contributed by atoms with Gasteiger partial charge in [-0.05, 0) is 74.2 Å². The van der Waals surface area contributed by atoms with Crippen molar-refractivity contribution in [3.8, 4) is 0 Å². The fraction of sp³-hybridized carbons (Fsp3) is 0.750. The molecule has 1 aliphatic heterocycles. The van der Waals surface area contributed by atoms with E-state index in [1.165, 1.54) is 12.0 Å². The minimum Gasteiger partial charge on any atom is -0.404 e. The maximum absolute atomic E-state index is 13.9. The van der Waals surface area contributed by atoms with Crippen LogP contribution in [0.4, 0.5) is 0 Å². The van der Waals surface area contributed by atoms with Crippen molar-refractivity contribution < 1.29 is 23.7 Å². The average molecular weight is 609 g/mol. The topological polar surface area (TPSA) is 93.7 Å². The predicted molar refractivity (Wildman–Crippen MR) is 176 cm³/mol. The summed E-state index contributed by atoms with van der Waals surface area (Å²) in [4.78, 5) is 40.0. The van der Waals surface area contributed by atoms with E-state index in [1.807, 2.05) is 24.3 Å². The highest BCUT2D eigenvalue weighted by atomic mass is 16.7. The summed E-state index contributed by atoms with van der Waals surface area (Å²) in [6, 6.07) is 7.74. The van der Waals surface area contributed by atoms with E-state index in [-0.39, 0.29) is 53.6 Å². The van der Waals surface area contributed by atoms with Crippen LogP contribution >= 0.6 is 0 Å². The van der Waals surface area contributed by atoms with E-state index in [1.54, 1.807) is 0 Å². The summed E-state index contributed by atoms with van der Waals surface area (Å²) in [5, 5.41) is 6.19. The van der Waals surface area contributed by atoms with Crippen LogP contribution in [0.5, 0.6) is 0 Å². The van der Waals surface area contributed by atoms with Crippen LogP contribution in [0.1, 0.15) is 129 Å². The molecule has 3 saturated carbocycles. The quantitative estimate of drug-likeness (QED) is 0.116. The first-order chi connectivity index (χ1) is 20.9. The maximum atomic E-state index is 13.9. The number of hydrogen-bond acceptors (Lipinski definition) is 5. The van der Waals surface area contributed by atoms with Gasteiger partial charge in [0.15, 0.2) is 5.78 Å². The van der Waals surface area contributed by atoms with Crippen molar-refractivity contribution in [1.82, 2.24) is 10.6 Å². The summed E-state index contributed by atoms with van der Waals surface area (Å²) in [6.07, 6.45) is 9.37. The number of carbonyl (C=O) groups excluding carboxylic acids is 3. The van der Waals surface area contributed by atoms with Gasteiger partial charge >= 0.3 is 7.12 Å². The van der Waals surface area contributed by atoms with Gasteiger partial charge in [-0.25, -0.2) is 0 Å². The summed E-state index contributed by atoms with van der Waals surface area (Å²) in [5.74, 6) is -0.0830. The third-order valence-electron chi connectivity index (χ3n) is 10.8. The Hall–Kier alpha value is -2.19. The van der Waals surface area contributed by atoms with E-state index < -0.39 is 13.0 Å². The van der Waals surface area contributed by atoms with Crippen molar-refractivity contribution in [1.29, 1.82) is 0 Å². The smallest absolute Gasteiger partial charge is 0.404 e. The molecule has 4 fully saturated rings. The first-order valence-corrected chi connectivity index (χ1v) is 17.4. The van der Waals surface area contributed by atoms with Gasteiger partial charge in [0.05, 0.1) is 23.6 Å². The number of ketones is 1. The lowest BCUT2D eigenvalue weighted by atomic mass is 9.43. The van der Waals surface area contributed by atoms with Crippen molar-refractivity contribution in [3.05, 3.63) is 35.4 Å². The monoisotopic (exact) mass is 608 g/mol.